The number of hydrogen-bond donors (Lipinski definition) is 1. The number of anilines is 1. The minimum atomic E-state index is -0.381. The van der Waals surface area contributed by atoms with Crippen LogP contribution in [-0.4, -0.2) is 44.3 Å². The quantitative estimate of drug-likeness (QED) is 0.351. The molecule has 0 bridgehead atoms. The first-order chi connectivity index (χ1) is 14.6. The Kier molecular flexibility index (Phi) is 11.7. The van der Waals surface area contributed by atoms with Crippen molar-refractivity contribution >= 4 is 11.8 Å². The van der Waals surface area contributed by atoms with E-state index in [1.165, 1.54) is 44.9 Å². The number of benzene rings is 1. The number of ether oxygens (including phenoxy) is 2. The minimum absolute atomic E-state index is 0.00203. The second-order valence-electron chi connectivity index (χ2n) is 8.84. The molecule has 0 aromatic heterocycles. The van der Waals surface area contributed by atoms with Gasteiger partial charge in [0.1, 0.15) is 11.9 Å². The Morgan fingerprint density at radius 1 is 1.03 bits per heavy atom. The van der Waals surface area contributed by atoms with Gasteiger partial charge in [-0.05, 0) is 51.9 Å². The summed E-state index contributed by atoms with van der Waals surface area (Å²) in [4.78, 5) is 14.6. The minimum Gasteiger partial charge on any atom is -0.491 e. The largest absolute Gasteiger partial charge is 0.491 e. The average Bonchev–Trinajstić information content (AvgIpc) is 3.13. The van der Waals surface area contributed by atoms with Crippen LogP contribution in [0.4, 0.5) is 10.5 Å². The molecule has 2 rings (SSSR count). The third-order valence-electron chi connectivity index (χ3n) is 5.83. The van der Waals surface area contributed by atoms with Crippen LogP contribution in [0.2, 0.25) is 0 Å². The van der Waals surface area contributed by atoms with E-state index >= 15 is 0 Å². The van der Waals surface area contributed by atoms with Gasteiger partial charge in [-0.2, -0.15) is 0 Å². The van der Waals surface area contributed by atoms with E-state index in [-0.39, 0.29) is 12.2 Å². The van der Waals surface area contributed by atoms with Crippen molar-refractivity contribution in [3.05, 3.63) is 24.3 Å². The summed E-state index contributed by atoms with van der Waals surface area (Å²) in [5.41, 5.74) is 0.684. The van der Waals surface area contributed by atoms with Crippen LogP contribution in [0.25, 0.3) is 0 Å². The van der Waals surface area contributed by atoms with Crippen LogP contribution >= 0.6 is 0 Å². The first-order valence-electron chi connectivity index (χ1n) is 11.9. The van der Waals surface area contributed by atoms with E-state index in [0.29, 0.717) is 24.0 Å². The van der Waals surface area contributed by atoms with Crippen molar-refractivity contribution in [2.45, 2.75) is 83.7 Å². The highest BCUT2D eigenvalue weighted by molar-refractivity contribution is 5.86. The third-order valence-corrected chi connectivity index (χ3v) is 5.83. The number of carbonyl (C=O) groups is 1. The molecule has 0 radical (unpaired) electrons. The normalized spacial score (nSPS) is 18.5. The van der Waals surface area contributed by atoms with Gasteiger partial charge in [0.05, 0.1) is 12.3 Å². The first kappa shape index (κ1) is 24.5. The molecule has 0 unspecified atom stereocenters. The van der Waals surface area contributed by atoms with Crippen LogP contribution in [0, 0.1) is 5.92 Å². The lowest BCUT2D eigenvalue weighted by molar-refractivity contribution is 0.0780. The molecular formula is C25H42N2O3. The van der Waals surface area contributed by atoms with Crippen LogP contribution in [0.3, 0.4) is 0 Å². The zero-order valence-electron chi connectivity index (χ0n) is 19.3. The van der Waals surface area contributed by atoms with Gasteiger partial charge in [-0.25, -0.2) is 4.79 Å². The number of para-hydroxylation sites is 2. The molecule has 0 spiro atoms. The molecule has 0 aliphatic heterocycles. The summed E-state index contributed by atoms with van der Waals surface area (Å²) in [6, 6.07) is 7.62. The summed E-state index contributed by atoms with van der Waals surface area (Å²) in [5, 5.41) is 2.89. The summed E-state index contributed by atoms with van der Waals surface area (Å²) < 4.78 is 11.7. The predicted molar refractivity (Wildman–Crippen MR) is 124 cm³/mol. The molecule has 1 aliphatic carbocycles. The van der Waals surface area contributed by atoms with Crippen LogP contribution < -0.4 is 10.1 Å². The summed E-state index contributed by atoms with van der Waals surface area (Å²) in [6.07, 6.45) is 13.0. The van der Waals surface area contributed by atoms with Crippen molar-refractivity contribution < 1.29 is 14.3 Å². The highest BCUT2D eigenvalue weighted by Gasteiger charge is 2.30. The van der Waals surface area contributed by atoms with Crippen LogP contribution in [-0.2, 0) is 4.74 Å². The summed E-state index contributed by atoms with van der Waals surface area (Å²) in [5.74, 6) is 1.13. The molecule has 1 fully saturated rings. The fourth-order valence-electron chi connectivity index (χ4n) is 4.23. The number of nitrogens with zero attached hydrogens (tertiary/aromatic N) is 1. The van der Waals surface area contributed by atoms with E-state index in [1.807, 2.05) is 24.3 Å². The molecule has 0 saturated heterocycles. The van der Waals surface area contributed by atoms with Gasteiger partial charge in [0.15, 0.2) is 0 Å². The van der Waals surface area contributed by atoms with E-state index in [1.54, 1.807) is 0 Å². The molecule has 1 saturated carbocycles. The zero-order valence-corrected chi connectivity index (χ0v) is 19.3. The van der Waals surface area contributed by atoms with Gasteiger partial charge in [-0.15, -0.1) is 0 Å². The lowest BCUT2D eigenvalue weighted by Crippen LogP contribution is -2.31. The molecule has 1 amide bonds. The van der Waals surface area contributed by atoms with Gasteiger partial charge in [-0.1, -0.05) is 64.0 Å². The summed E-state index contributed by atoms with van der Waals surface area (Å²) >= 11 is 0. The molecule has 0 heterocycles. The molecule has 1 aliphatic rings. The Bertz CT molecular complexity index is 606. The maximum Gasteiger partial charge on any atom is 0.412 e. The second kappa shape index (κ2) is 14.3. The van der Waals surface area contributed by atoms with Crippen LogP contribution in [0.15, 0.2) is 24.3 Å². The second-order valence-corrected chi connectivity index (χ2v) is 8.84. The number of hydrogen-bond acceptors (Lipinski definition) is 4. The Balaban J connectivity index is 1.70. The van der Waals surface area contributed by atoms with Crippen molar-refractivity contribution in [3.8, 4) is 5.75 Å². The van der Waals surface area contributed by atoms with Gasteiger partial charge < -0.3 is 14.4 Å². The molecule has 1 N–H and O–H groups in total. The zero-order chi connectivity index (χ0) is 21.6. The molecule has 2 atom stereocenters. The number of amides is 1. The van der Waals surface area contributed by atoms with Crippen molar-refractivity contribution in [1.82, 2.24) is 4.90 Å². The molecular weight excluding hydrogens is 376 g/mol. The molecule has 30 heavy (non-hydrogen) atoms. The predicted octanol–water partition coefficient (Wildman–Crippen LogP) is 6.48. The number of rotatable bonds is 14. The smallest absolute Gasteiger partial charge is 0.412 e. The van der Waals surface area contributed by atoms with Gasteiger partial charge >= 0.3 is 6.09 Å². The summed E-state index contributed by atoms with van der Waals surface area (Å²) in [6.45, 7) is 3.88. The molecule has 1 aromatic rings. The molecule has 5 heteroatoms. The number of nitrogens with one attached hydrogen (secondary N) is 1. The van der Waals surface area contributed by atoms with Gasteiger partial charge in [0.25, 0.3) is 0 Å². The van der Waals surface area contributed by atoms with Crippen LogP contribution in [0.1, 0.15) is 77.6 Å². The lowest BCUT2D eigenvalue weighted by atomic mass is 10.1. The molecule has 1 aromatic carbocycles. The molecule has 170 valence electrons. The average molecular weight is 419 g/mol. The van der Waals surface area contributed by atoms with Gasteiger partial charge in [0, 0.05) is 12.5 Å². The van der Waals surface area contributed by atoms with E-state index in [0.717, 1.165) is 32.2 Å². The van der Waals surface area contributed by atoms with E-state index in [9.17, 15) is 4.79 Å². The van der Waals surface area contributed by atoms with Gasteiger partial charge in [0.2, 0.25) is 0 Å². The highest BCUT2D eigenvalue weighted by Crippen LogP contribution is 2.30. The maximum absolute atomic E-state index is 12.5. The SMILES string of the molecule is CCCCCCCCCCOc1ccccc1NC(=O)O[C@H]1CCC[C@@H]1CN(C)C. The van der Waals surface area contributed by atoms with Crippen molar-refractivity contribution in [1.29, 1.82) is 0 Å². The van der Waals surface area contributed by atoms with Crippen molar-refractivity contribution in [3.63, 3.8) is 0 Å². The first-order valence-corrected chi connectivity index (χ1v) is 11.9. The van der Waals surface area contributed by atoms with Crippen molar-refractivity contribution in [2.24, 2.45) is 5.92 Å². The highest BCUT2D eigenvalue weighted by atomic mass is 16.6. The Morgan fingerprint density at radius 2 is 1.73 bits per heavy atom. The Labute approximate surface area is 183 Å². The standard InChI is InChI=1S/C25H42N2O3/c1-4-5-6-7-8-9-10-13-19-29-24-17-12-11-16-22(24)26-25(28)30-23-18-14-15-21(23)20-27(2)3/h11-12,16-17,21,23H,4-10,13-15,18-20H2,1-3H3,(H,26,28)/t21-,23+/m1/s1. The lowest BCUT2D eigenvalue weighted by Gasteiger charge is -2.23. The fourth-order valence-corrected chi connectivity index (χ4v) is 4.23. The number of unbranched alkanes of at least 4 members (excludes halogenated alkanes) is 7. The Morgan fingerprint density at radius 3 is 2.47 bits per heavy atom. The Hall–Kier alpha value is -1.75. The van der Waals surface area contributed by atoms with Crippen LogP contribution in [0.5, 0.6) is 5.75 Å². The van der Waals surface area contributed by atoms with Crippen molar-refractivity contribution in [2.75, 3.05) is 32.6 Å². The van der Waals surface area contributed by atoms with Gasteiger partial charge in [-0.3, -0.25) is 5.32 Å². The fraction of sp³-hybridized carbons (Fsp3) is 0.720. The van der Waals surface area contributed by atoms with E-state index < -0.39 is 0 Å². The third kappa shape index (κ3) is 9.38. The topological polar surface area (TPSA) is 50.8 Å². The number of carbonyl (C=O) groups excluding carboxylic acids is 1. The summed E-state index contributed by atoms with van der Waals surface area (Å²) in [7, 11) is 4.13. The molecule has 5 nitrogen and oxygen atoms in total. The monoisotopic (exact) mass is 418 g/mol. The van der Waals surface area contributed by atoms with E-state index in [4.69, 9.17) is 9.47 Å². The maximum atomic E-state index is 12.5. The van der Waals surface area contributed by atoms with E-state index in [2.05, 4.69) is 31.2 Å².